The number of benzene rings is 2. The fraction of sp³-hybridized carbons (Fsp3) is 0.0769. The average Bonchev–Trinajstić information content (AvgIpc) is 2.31. The highest BCUT2D eigenvalue weighted by atomic mass is 79.9. The van der Waals surface area contributed by atoms with Crippen LogP contribution in [0.2, 0.25) is 10.0 Å². The van der Waals surface area contributed by atoms with E-state index >= 15 is 0 Å². The summed E-state index contributed by atoms with van der Waals surface area (Å²) in [6, 6.07) is 10.7. The molecule has 0 heterocycles. The van der Waals surface area contributed by atoms with E-state index in [9.17, 15) is 0 Å². The molecule has 2 nitrogen and oxygen atoms in total. The summed E-state index contributed by atoms with van der Waals surface area (Å²) in [5.41, 5.74) is 7.25. The molecule has 2 aromatic carbocycles. The molecule has 18 heavy (non-hydrogen) atoms. The largest absolute Gasteiger partial charge is 0.488 e. The van der Waals surface area contributed by atoms with Gasteiger partial charge in [-0.25, -0.2) is 0 Å². The summed E-state index contributed by atoms with van der Waals surface area (Å²) in [4.78, 5) is 0. The molecule has 0 aliphatic carbocycles. The molecule has 5 heteroatoms. The standard InChI is InChI=1S/C13H10BrCl2NO/c14-10-6-8(15)4-5-13(10)18-7-9-11(16)2-1-3-12(9)17/h1-6H,7,17H2. The normalized spacial score (nSPS) is 10.4. The Hall–Kier alpha value is -0.900. The van der Waals surface area contributed by atoms with Gasteiger partial charge in [-0.05, 0) is 46.3 Å². The topological polar surface area (TPSA) is 35.2 Å². The van der Waals surface area contributed by atoms with E-state index in [1.165, 1.54) is 0 Å². The minimum Gasteiger partial charge on any atom is -0.488 e. The second-order valence-corrected chi connectivity index (χ2v) is 5.37. The summed E-state index contributed by atoms with van der Waals surface area (Å²) in [5, 5.41) is 1.24. The van der Waals surface area contributed by atoms with Crippen molar-refractivity contribution in [2.24, 2.45) is 0 Å². The SMILES string of the molecule is Nc1cccc(Cl)c1COc1ccc(Cl)cc1Br. The zero-order chi connectivity index (χ0) is 13.1. The van der Waals surface area contributed by atoms with Crippen molar-refractivity contribution in [2.75, 3.05) is 5.73 Å². The van der Waals surface area contributed by atoms with E-state index in [4.69, 9.17) is 33.7 Å². The van der Waals surface area contributed by atoms with Crippen molar-refractivity contribution in [3.05, 3.63) is 56.5 Å². The Morgan fingerprint density at radius 2 is 1.94 bits per heavy atom. The third kappa shape index (κ3) is 3.10. The second kappa shape index (κ2) is 5.83. The van der Waals surface area contributed by atoms with Crippen LogP contribution in [0.1, 0.15) is 5.56 Å². The molecule has 0 aliphatic rings. The molecular weight excluding hydrogens is 337 g/mol. The minimum absolute atomic E-state index is 0.311. The van der Waals surface area contributed by atoms with Crippen LogP contribution >= 0.6 is 39.1 Å². The molecular formula is C13H10BrCl2NO. The van der Waals surface area contributed by atoms with Gasteiger partial charge in [-0.2, -0.15) is 0 Å². The highest BCUT2D eigenvalue weighted by Crippen LogP contribution is 2.30. The molecule has 0 fully saturated rings. The van der Waals surface area contributed by atoms with Gasteiger partial charge in [0.25, 0.3) is 0 Å². The maximum absolute atomic E-state index is 6.07. The van der Waals surface area contributed by atoms with Gasteiger partial charge in [-0.1, -0.05) is 29.3 Å². The Kier molecular flexibility index (Phi) is 4.38. The quantitative estimate of drug-likeness (QED) is 0.801. The van der Waals surface area contributed by atoms with E-state index in [2.05, 4.69) is 15.9 Å². The van der Waals surface area contributed by atoms with Crippen LogP contribution in [0.3, 0.4) is 0 Å². The molecule has 0 radical (unpaired) electrons. The Morgan fingerprint density at radius 1 is 1.17 bits per heavy atom. The van der Waals surface area contributed by atoms with E-state index < -0.39 is 0 Å². The number of nitrogen functional groups attached to an aromatic ring is 1. The fourth-order valence-corrected chi connectivity index (χ4v) is 2.50. The lowest BCUT2D eigenvalue weighted by Crippen LogP contribution is -2.01. The van der Waals surface area contributed by atoms with Gasteiger partial charge in [0.1, 0.15) is 12.4 Å². The first kappa shape index (κ1) is 13.5. The number of hydrogen-bond donors (Lipinski definition) is 1. The lowest BCUT2D eigenvalue weighted by atomic mass is 10.2. The fourth-order valence-electron chi connectivity index (χ4n) is 1.47. The summed E-state index contributed by atoms with van der Waals surface area (Å²) >= 11 is 15.3. The molecule has 0 aliphatic heterocycles. The summed E-state index contributed by atoms with van der Waals surface area (Å²) < 4.78 is 6.46. The van der Waals surface area contributed by atoms with Gasteiger partial charge < -0.3 is 10.5 Å². The van der Waals surface area contributed by atoms with E-state index in [0.717, 1.165) is 10.0 Å². The first-order chi connectivity index (χ1) is 8.58. The van der Waals surface area contributed by atoms with Gasteiger partial charge >= 0.3 is 0 Å². The molecule has 0 aromatic heterocycles. The summed E-state index contributed by atoms with van der Waals surface area (Å²) in [5.74, 6) is 0.693. The van der Waals surface area contributed by atoms with Crippen LogP contribution in [0, 0.1) is 0 Å². The van der Waals surface area contributed by atoms with Crippen molar-refractivity contribution < 1.29 is 4.74 Å². The number of hydrogen-bond acceptors (Lipinski definition) is 2. The van der Waals surface area contributed by atoms with Crippen molar-refractivity contribution >= 4 is 44.8 Å². The van der Waals surface area contributed by atoms with Crippen LogP contribution in [0.5, 0.6) is 5.75 Å². The van der Waals surface area contributed by atoms with Crippen molar-refractivity contribution in [2.45, 2.75) is 6.61 Å². The number of anilines is 1. The summed E-state index contributed by atoms with van der Waals surface area (Å²) in [6.07, 6.45) is 0. The van der Waals surface area contributed by atoms with Crippen molar-refractivity contribution in [3.63, 3.8) is 0 Å². The molecule has 0 saturated heterocycles. The maximum Gasteiger partial charge on any atom is 0.134 e. The number of halogens is 3. The molecule has 0 atom stereocenters. The Morgan fingerprint density at radius 3 is 2.61 bits per heavy atom. The lowest BCUT2D eigenvalue weighted by molar-refractivity contribution is 0.305. The zero-order valence-electron chi connectivity index (χ0n) is 9.29. The second-order valence-electron chi connectivity index (χ2n) is 3.67. The first-order valence-corrected chi connectivity index (χ1v) is 6.73. The van der Waals surface area contributed by atoms with Crippen molar-refractivity contribution in [1.29, 1.82) is 0 Å². The highest BCUT2D eigenvalue weighted by Gasteiger charge is 2.07. The molecule has 0 spiro atoms. The highest BCUT2D eigenvalue weighted by molar-refractivity contribution is 9.10. The van der Waals surface area contributed by atoms with E-state index in [0.29, 0.717) is 28.1 Å². The molecule has 0 amide bonds. The molecule has 2 N–H and O–H groups in total. The van der Waals surface area contributed by atoms with Crippen molar-refractivity contribution in [1.82, 2.24) is 0 Å². The predicted molar refractivity (Wildman–Crippen MR) is 79.3 cm³/mol. The van der Waals surface area contributed by atoms with Gasteiger partial charge in [0.2, 0.25) is 0 Å². The molecule has 0 unspecified atom stereocenters. The van der Waals surface area contributed by atoms with Gasteiger partial charge in [-0.3, -0.25) is 0 Å². The van der Waals surface area contributed by atoms with Gasteiger partial charge in [-0.15, -0.1) is 0 Å². The molecule has 2 rings (SSSR count). The lowest BCUT2D eigenvalue weighted by Gasteiger charge is -2.11. The van der Waals surface area contributed by atoms with Crippen LogP contribution in [0.4, 0.5) is 5.69 Å². The monoisotopic (exact) mass is 345 g/mol. The van der Waals surface area contributed by atoms with Crippen LogP contribution < -0.4 is 10.5 Å². The van der Waals surface area contributed by atoms with Gasteiger partial charge in [0.15, 0.2) is 0 Å². The number of nitrogens with two attached hydrogens (primary N) is 1. The summed E-state index contributed by atoms with van der Waals surface area (Å²) in [6.45, 7) is 0.311. The van der Waals surface area contributed by atoms with Crippen LogP contribution in [0.15, 0.2) is 40.9 Å². The third-order valence-corrected chi connectivity index (χ3v) is 3.63. The van der Waals surface area contributed by atoms with E-state index in [1.54, 1.807) is 36.4 Å². The van der Waals surface area contributed by atoms with Gasteiger partial charge in [0.05, 0.1) is 4.47 Å². The summed E-state index contributed by atoms with van der Waals surface area (Å²) in [7, 11) is 0. The van der Waals surface area contributed by atoms with Crippen LogP contribution in [0.25, 0.3) is 0 Å². The first-order valence-electron chi connectivity index (χ1n) is 5.18. The Balaban J connectivity index is 2.16. The molecule has 0 bridgehead atoms. The zero-order valence-corrected chi connectivity index (χ0v) is 12.4. The Bertz CT molecular complexity index is 555. The maximum atomic E-state index is 6.07. The number of ether oxygens (including phenoxy) is 1. The third-order valence-electron chi connectivity index (χ3n) is 2.42. The van der Waals surface area contributed by atoms with Gasteiger partial charge in [0, 0.05) is 21.3 Å². The van der Waals surface area contributed by atoms with Crippen molar-refractivity contribution in [3.8, 4) is 5.75 Å². The number of rotatable bonds is 3. The van der Waals surface area contributed by atoms with E-state index in [-0.39, 0.29) is 0 Å². The molecule has 94 valence electrons. The van der Waals surface area contributed by atoms with E-state index in [1.807, 2.05) is 0 Å². The molecule has 2 aromatic rings. The van der Waals surface area contributed by atoms with Crippen LogP contribution in [-0.4, -0.2) is 0 Å². The Labute approximate surface area is 124 Å². The molecule has 0 saturated carbocycles. The minimum atomic E-state index is 0.311. The predicted octanol–water partition coefficient (Wildman–Crippen LogP) is 4.92. The van der Waals surface area contributed by atoms with Crippen LogP contribution in [-0.2, 0) is 6.61 Å². The smallest absolute Gasteiger partial charge is 0.134 e. The average molecular weight is 347 g/mol.